The molecule has 5 rings (SSSR count). The average Bonchev–Trinajstić information content (AvgIpc) is 3.14. The van der Waals surface area contributed by atoms with Crippen LogP contribution in [0.5, 0.6) is 5.75 Å². The number of amides is 1. The number of hydrogen-bond acceptors (Lipinski definition) is 3. The minimum Gasteiger partial charge on any atom is -0.497 e. The number of benzodiazepines with no additional fused rings is 1. The number of carbonyl (C=O) groups is 1. The van der Waals surface area contributed by atoms with Gasteiger partial charge < -0.3 is 10.1 Å². The van der Waals surface area contributed by atoms with Gasteiger partial charge in [-0.25, -0.2) is 0 Å². The molecule has 2 aromatic rings. The second-order valence-corrected chi connectivity index (χ2v) is 8.28. The van der Waals surface area contributed by atoms with Gasteiger partial charge in [-0.1, -0.05) is 37.5 Å². The molecule has 5 heteroatoms. The molecule has 1 N–H and O–H groups in total. The lowest BCUT2D eigenvalue weighted by atomic mass is 9.82. The number of rotatable bonds is 4. The second-order valence-electron chi connectivity index (χ2n) is 8.28. The fourth-order valence-corrected chi connectivity index (χ4v) is 4.70. The second kappa shape index (κ2) is 7.98. The SMILES string of the molecule is COc1ccc2c(c1)C(C1CCCCC1)=N[C@H](CC1=Cc3ccccc3[N]1)C(=O)N2. The Morgan fingerprint density at radius 2 is 1.93 bits per heavy atom. The van der Waals surface area contributed by atoms with Gasteiger partial charge in [0.1, 0.15) is 11.8 Å². The van der Waals surface area contributed by atoms with Gasteiger partial charge in [-0.2, -0.15) is 0 Å². The highest BCUT2D eigenvalue weighted by atomic mass is 16.5. The molecule has 1 atom stereocenters. The monoisotopic (exact) mass is 400 g/mol. The minimum absolute atomic E-state index is 0.0701. The summed E-state index contributed by atoms with van der Waals surface area (Å²) in [7, 11) is 1.67. The van der Waals surface area contributed by atoms with E-state index in [4.69, 9.17) is 15.0 Å². The van der Waals surface area contributed by atoms with Gasteiger partial charge >= 0.3 is 0 Å². The molecule has 5 nitrogen and oxygen atoms in total. The van der Waals surface area contributed by atoms with Crippen molar-refractivity contribution in [3.05, 3.63) is 59.3 Å². The van der Waals surface area contributed by atoms with Crippen LogP contribution in [0.2, 0.25) is 0 Å². The number of nitrogens with zero attached hydrogens (tertiary/aromatic N) is 2. The Balaban J connectivity index is 1.50. The van der Waals surface area contributed by atoms with Gasteiger partial charge in [-0.05, 0) is 43.2 Å². The van der Waals surface area contributed by atoms with Crippen molar-refractivity contribution in [1.29, 1.82) is 0 Å². The quantitative estimate of drug-likeness (QED) is 0.779. The van der Waals surface area contributed by atoms with E-state index in [-0.39, 0.29) is 5.91 Å². The molecule has 0 bridgehead atoms. The van der Waals surface area contributed by atoms with Crippen LogP contribution in [0, 0.1) is 5.92 Å². The maximum absolute atomic E-state index is 13.1. The van der Waals surface area contributed by atoms with Crippen LogP contribution in [0.3, 0.4) is 0 Å². The van der Waals surface area contributed by atoms with Crippen molar-refractivity contribution in [3.63, 3.8) is 0 Å². The van der Waals surface area contributed by atoms with Crippen LogP contribution in [0.15, 0.2) is 53.2 Å². The maximum Gasteiger partial charge on any atom is 0.249 e. The molecule has 1 fully saturated rings. The molecule has 3 aliphatic rings. The molecule has 1 amide bonds. The summed E-state index contributed by atoms with van der Waals surface area (Å²) in [5.41, 5.74) is 5.85. The van der Waals surface area contributed by atoms with E-state index in [0.717, 1.165) is 52.5 Å². The van der Waals surface area contributed by atoms with Crippen molar-refractivity contribution in [3.8, 4) is 5.75 Å². The number of carbonyl (C=O) groups excluding carboxylic acids is 1. The number of methoxy groups -OCH3 is 1. The molecule has 30 heavy (non-hydrogen) atoms. The largest absolute Gasteiger partial charge is 0.497 e. The van der Waals surface area contributed by atoms with Crippen molar-refractivity contribution in [2.75, 3.05) is 12.4 Å². The van der Waals surface area contributed by atoms with E-state index in [0.29, 0.717) is 12.3 Å². The van der Waals surface area contributed by atoms with Crippen LogP contribution in [0.4, 0.5) is 11.4 Å². The van der Waals surface area contributed by atoms with E-state index in [1.807, 2.05) is 36.4 Å². The molecule has 0 aromatic heterocycles. The number of nitrogens with one attached hydrogen (secondary N) is 1. The molecule has 1 radical (unpaired) electrons. The Kier molecular flexibility index (Phi) is 5.03. The topological polar surface area (TPSA) is 64.8 Å². The Labute approximate surface area is 177 Å². The highest BCUT2D eigenvalue weighted by Gasteiger charge is 2.31. The number of aliphatic imine (C=N–C) groups is 1. The van der Waals surface area contributed by atoms with Gasteiger partial charge in [0.15, 0.2) is 0 Å². The molecule has 2 aromatic carbocycles. The third-order valence-electron chi connectivity index (χ3n) is 6.28. The lowest BCUT2D eigenvalue weighted by molar-refractivity contribution is -0.117. The number of hydrogen-bond donors (Lipinski definition) is 1. The summed E-state index contributed by atoms with van der Waals surface area (Å²) in [6.45, 7) is 0. The predicted molar refractivity (Wildman–Crippen MR) is 119 cm³/mol. The molecule has 1 saturated carbocycles. The van der Waals surface area contributed by atoms with E-state index in [9.17, 15) is 4.79 Å². The highest BCUT2D eigenvalue weighted by Crippen LogP contribution is 2.35. The number of anilines is 1. The molecule has 0 saturated heterocycles. The van der Waals surface area contributed by atoms with E-state index < -0.39 is 6.04 Å². The van der Waals surface area contributed by atoms with Gasteiger partial charge in [0, 0.05) is 34.9 Å². The van der Waals surface area contributed by atoms with Crippen molar-refractivity contribution < 1.29 is 9.53 Å². The lowest BCUT2D eigenvalue weighted by Gasteiger charge is -2.24. The van der Waals surface area contributed by atoms with Gasteiger partial charge in [-0.3, -0.25) is 15.1 Å². The van der Waals surface area contributed by atoms with Crippen molar-refractivity contribution in [1.82, 2.24) is 5.32 Å². The van der Waals surface area contributed by atoms with Crippen LogP contribution < -0.4 is 15.4 Å². The Morgan fingerprint density at radius 1 is 1.10 bits per heavy atom. The summed E-state index contributed by atoms with van der Waals surface area (Å²) in [5, 5.41) is 7.83. The Hall–Kier alpha value is -3.08. The number of ether oxygens (including phenoxy) is 1. The smallest absolute Gasteiger partial charge is 0.249 e. The van der Waals surface area contributed by atoms with E-state index in [2.05, 4.69) is 17.5 Å². The first-order chi connectivity index (χ1) is 14.7. The van der Waals surface area contributed by atoms with Gasteiger partial charge in [-0.15, -0.1) is 0 Å². The zero-order chi connectivity index (χ0) is 20.5. The first kappa shape index (κ1) is 18.9. The zero-order valence-electron chi connectivity index (χ0n) is 17.2. The number of fused-ring (bicyclic) bond motifs is 2. The van der Waals surface area contributed by atoms with Gasteiger partial charge in [0.25, 0.3) is 0 Å². The summed E-state index contributed by atoms with van der Waals surface area (Å²) >= 11 is 0. The van der Waals surface area contributed by atoms with Gasteiger partial charge in [0.05, 0.1) is 18.5 Å². The third kappa shape index (κ3) is 3.60. The molecular formula is C25H26N3O2. The zero-order valence-corrected chi connectivity index (χ0v) is 17.2. The fourth-order valence-electron chi connectivity index (χ4n) is 4.70. The van der Waals surface area contributed by atoms with Crippen LogP contribution >= 0.6 is 0 Å². The predicted octanol–water partition coefficient (Wildman–Crippen LogP) is 5.07. The van der Waals surface area contributed by atoms with E-state index in [1.165, 1.54) is 19.3 Å². The van der Waals surface area contributed by atoms with Crippen molar-refractivity contribution in [2.45, 2.75) is 44.6 Å². The summed E-state index contributed by atoms with van der Waals surface area (Å²) in [5.74, 6) is 1.10. The molecule has 2 heterocycles. The van der Waals surface area contributed by atoms with Crippen LogP contribution in [-0.4, -0.2) is 24.8 Å². The first-order valence-corrected chi connectivity index (χ1v) is 10.8. The molecular weight excluding hydrogens is 374 g/mol. The normalized spacial score (nSPS) is 20.8. The summed E-state index contributed by atoms with van der Waals surface area (Å²) in [4.78, 5) is 18.2. The third-order valence-corrected chi connectivity index (χ3v) is 6.28. The van der Waals surface area contributed by atoms with Crippen molar-refractivity contribution in [2.24, 2.45) is 10.9 Å². The lowest BCUT2D eigenvalue weighted by Crippen LogP contribution is -2.27. The summed E-state index contributed by atoms with van der Waals surface area (Å²) in [6, 6.07) is 13.4. The average molecular weight is 401 g/mol. The van der Waals surface area contributed by atoms with Crippen LogP contribution in [0.1, 0.15) is 49.7 Å². The molecule has 1 aliphatic carbocycles. The Morgan fingerprint density at radius 3 is 2.73 bits per heavy atom. The van der Waals surface area contributed by atoms with Crippen molar-refractivity contribution >= 4 is 29.1 Å². The van der Waals surface area contributed by atoms with Crippen LogP contribution in [0.25, 0.3) is 6.08 Å². The van der Waals surface area contributed by atoms with Crippen LogP contribution in [-0.2, 0) is 4.79 Å². The summed E-state index contributed by atoms with van der Waals surface area (Å²) in [6.07, 6.45) is 8.51. The minimum atomic E-state index is -0.482. The summed E-state index contributed by atoms with van der Waals surface area (Å²) < 4.78 is 5.46. The van der Waals surface area contributed by atoms with Gasteiger partial charge in [0.2, 0.25) is 5.91 Å². The number of para-hydroxylation sites is 1. The van der Waals surface area contributed by atoms with E-state index >= 15 is 0 Å². The van der Waals surface area contributed by atoms with E-state index in [1.54, 1.807) is 7.11 Å². The molecule has 0 unspecified atom stereocenters. The number of benzene rings is 2. The Bertz CT molecular complexity index is 1030. The molecule has 153 valence electrons. The first-order valence-electron chi connectivity index (χ1n) is 10.8. The highest BCUT2D eigenvalue weighted by molar-refractivity contribution is 6.13. The fraction of sp³-hybridized carbons (Fsp3) is 0.360. The molecule has 2 aliphatic heterocycles. The maximum atomic E-state index is 13.1. The molecule has 0 spiro atoms. The standard InChI is InChI=1S/C25H26N3O2/c1-30-19-11-12-22-20(15-19)24(16-7-3-2-4-8-16)27-23(25(29)28-22)14-18-13-17-9-5-6-10-21(17)26-18/h5-6,9-13,15-16,23H,2-4,7-8,14H2,1H3,(H,28,29)/t23-/m1/s1.